The van der Waals surface area contributed by atoms with Gasteiger partial charge < -0.3 is 28.9 Å². The highest BCUT2D eigenvalue weighted by Crippen LogP contribution is 2.45. The van der Waals surface area contributed by atoms with E-state index in [9.17, 15) is 0 Å². The first-order chi connectivity index (χ1) is 15.1. The molecule has 2 aromatic carbocycles. The molecule has 0 saturated heterocycles. The standard InChI is InChI=1S/C23H24N4O4/c1-27(2)8-10-30-14-5-6-18-17(11-14)21-22(25-18)15-12-19(28-3)20(29-4)13-16(15)23(21)26-31-9-7-24/h5-6,11-13,25H,8-10H2,1-4H3. The molecule has 0 unspecified atom stereocenters. The van der Waals surface area contributed by atoms with Crippen molar-refractivity contribution in [3.05, 3.63) is 41.5 Å². The van der Waals surface area contributed by atoms with E-state index < -0.39 is 0 Å². The van der Waals surface area contributed by atoms with Gasteiger partial charge in [0.2, 0.25) is 6.61 Å². The van der Waals surface area contributed by atoms with Crippen LogP contribution >= 0.6 is 0 Å². The average molecular weight is 420 g/mol. The normalized spacial score (nSPS) is 13.2. The van der Waals surface area contributed by atoms with E-state index in [1.165, 1.54) is 0 Å². The van der Waals surface area contributed by atoms with Crippen molar-refractivity contribution in [3.63, 3.8) is 0 Å². The smallest absolute Gasteiger partial charge is 0.202 e. The Hall–Kier alpha value is -3.70. The van der Waals surface area contributed by atoms with E-state index in [1.807, 2.05) is 50.5 Å². The molecule has 3 aromatic rings. The molecule has 8 heteroatoms. The summed E-state index contributed by atoms with van der Waals surface area (Å²) in [5.41, 5.74) is 5.18. The molecule has 4 rings (SSSR count). The molecule has 0 amide bonds. The van der Waals surface area contributed by atoms with Crippen molar-refractivity contribution in [2.24, 2.45) is 5.16 Å². The fourth-order valence-corrected chi connectivity index (χ4v) is 3.69. The van der Waals surface area contributed by atoms with Gasteiger partial charge in [-0.15, -0.1) is 0 Å². The molecule has 0 fully saturated rings. The van der Waals surface area contributed by atoms with Crippen LogP contribution < -0.4 is 14.2 Å². The number of hydrogen-bond donors (Lipinski definition) is 1. The summed E-state index contributed by atoms with van der Waals surface area (Å²) in [6, 6.07) is 11.7. The van der Waals surface area contributed by atoms with Crippen molar-refractivity contribution in [2.45, 2.75) is 0 Å². The van der Waals surface area contributed by atoms with Crippen LogP contribution in [0.3, 0.4) is 0 Å². The van der Waals surface area contributed by atoms with Gasteiger partial charge in [-0.2, -0.15) is 5.26 Å². The molecule has 1 N–H and O–H groups in total. The number of H-pyrrole nitrogens is 1. The Morgan fingerprint density at radius 3 is 2.48 bits per heavy atom. The van der Waals surface area contributed by atoms with Gasteiger partial charge in [-0.1, -0.05) is 5.16 Å². The first-order valence-electron chi connectivity index (χ1n) is 9.84. The Morgan fingerprint density at radius 2 is 1.81 bits per heavy atom. The van der Waals surface area contributed by atoms with Crippen LogP contribution in [0.25, 0.3) is 22.2 Å². The van der Waals surface area contributed by atoms with Crippen LogP contribution in [-0.2, 0) is 4.84 Å². The second-order valence-electron chi connectivity index (χ2n) is 7.36. The molecular formula is C23H24N4O4. The quantitative estimate of drug-likeness (QED) is 0.347. The number of oxime groups is 1. The van der Waals surface area contributed by atoms with Crippen LogP contribution in [0, 0.1) is 11.3 Å². The Kier molecular flexibility index (Phi) is 5.69. The summed E-state index contributed by atoms with van der Waals surface area (Å²) in [6.45, 7) is 1.28. The van der Waals surface area contributed by atoms with Crippen molar-refractivity contribution in [3.8, 4) is 34.6 Å². The van der Waals surface area contributed by atoms with Crippen molar-refractivity contribution < 1.29 is 19.0 Å². The monoisotopic (exact) mass is 420 g/mol. The van der Waals surface area contributed by atoms with Crippen LogP contribution in [0.5, 0.6) is 17.2 Å². The minimum absolute atomic E-state index is 0.136. The van der Waals surface area contributed by atoms with Gasteiger partial charge in [0.15, 0.2) is 11.5 Å². The van der Waals surface area contributed by atoms with E-state index in [1.54, 1.807) is 14.2 Å². The number of nitrogens with one attached hydrogen (secondary N) is 1. The third kappa shape index (κ3) is 3.76. The summed E-state index contributed by atoms with van der Waals surface area (Å²) < 4.78 is 16.9. The molecule has 0 radical (unpaired) electrons. The van der Waals surface area contributed by atoms with E-state index in [0.29, 0.717) is 23.8 Å². The molecular weight excluding hydrogens is 396 g/mol. The molecule has 0 aliphatic heterocycles. The van der Waals surface area contributed by atoms with Gasteiger partial charge in [0.25, 0.3) is 0 Å². The van der Waals surface area contributed by atoms with Gasteiger partial charge in [0, 0.05) is 34.1 Å². The molecule has 0 bridgehead atoms. The molecule has 1 aromatic heterocycles. The second kappa shape index (κ2) is 8.58. The topological polar surface area (TPSA) is 92.1 Å². The van der Waals surface area contributed by atoms with Crippen LogP contribution in [0.2, 0.25) is 0 Å². The molecule has 0 atom stereocenters. The molecule has 31 heavy (non-hydrogen) atoms. The minimum atomic E-state index is -0.136. The number of likely N-dealkylation sites (N-methyl/N-ethyl adjacent to an activating group) is 1. The Balaban J connectivity index is 1.84. The number of aromatic nitrogens is 1. The maximum absolute atomic E-state index is 8.86. The predicted octanol–water partition coefficient (Wildman–Crippen LogP) is 3.40. The lowest BCUT2D eigenvalue weighted by Gasteiger charge is -2.12. The summed E-state index contributed by atoms with van der Waals surface area (Å²) >= 11 is 0. The highest BCUT2D eigenvalue weighted by atomic mass is 16.6. The largest absolute Gasteiger partial charge is 0.493 e. The summed E-state index contributed by atoms with van der Waals surface area (Å²) in [5.74, 6) is 1.99. The zero-order valence-electron chi connectivity index (χ0n) is 18.0. The third-order valence-corrected chi connectivity index (χ3v) is 5.15. The molecule has 160 valence electrons. The lowest BCUT2D eigenvalue weighted by molar-refractivity contribution is 0.179. The Morgan fingerprint density at radius 1 is 1.06 bits per heavy atom. The zero-order chi connectivity index (χ0) is 22.0. The third-order valence-electron chi connectivity index (χ3n) is 5.15. The van der Waals surface area contributed by atoms with Crippen LogP contribution in [0.4, 0.5) is 0 Å². The molecule has 0 saturated carbocycles. The molecule has 1 heterocycles. The number of nitriles is 1. The van der Waals surface area contributed by atoms with Crippen LogP contribution in [0.1, 0.15) is 11.1 Å². The molecule has 1 aliphatic rings. The highest BCUT2D eigenvalue weighted by Gasteiger charge is 2.32. The van der Waals surface area contributed by atoms with E-state index in [0.717, 1.165) is 45.6 Å². The Labute approximate surface area is 180 Å². The maximum Gasteiger partial charge on any atom is 0.202 e. The van der Waals surface area contributed by atoms with Gasteiger partial charge in [-0.3, -0.25) is 0 Å². The Bertz CT molecular complexity index is 1190. The van der Waals surface area contributed by atoms with Gasteiger partial charge in [0.1, 0.15) is 24.1 Å². The number of methoxy groups -OCH3 is 2. The molecule has 0 spiro atoms. The number of ether oxygens (including phenoxy) is 3. The van der Waals surface area contributed by atoms with E-state index in [-0.39, 0.29) is 6.61 Å². The van der Waals surface area contributed by atoms with Crippen LogP contribution in [-0.4, -0.2) is 63.7 Å². The first kappa shape index (κ1) is 20.6. The summed E-state index contributed by atoms with van der Waals surface area (Å²) in [4.78, 5) is 10.8. The van der Waals surface area contributed by atoms with E-state index >= 15 is 0 Å². The fraction of sp³-hybridized carbons (Fsp3) is 0.304. The summed E-state index contributed by atoms with van der Waals surface area (Å²) in [6.07, 6.45) is 0. The van der Waals surface area contributed by atoms with E-state index in [4.69, 9.17) is 24.3 Å². The lowest BCUT2D eigenvalue weighted by Crippen LogP contribution is -2.19. The summed E-state index contributed by atoms with van der Waals surface area (Å²) in [5, 5.41) is 14.1. The number of aromatic amines is 1. The predicted molar refractivity (Wildman–Crippen MR) is 118 cm³/mol. The molecule has 1 aliphatic carbocycles. The van der Waals surface area contributed by atoms with Gasteiger partial charge >= 0.3 is 0 Å². The van der Waals surface area contributed by atoms with Crippen LogP contribution in [0.15, 0.2) is 35.5 Å². The first-order valence-corrected chi connectivity index (χ1v) is 9.84. The van der Waals surface area contributed by atoms with E-state index in [2.05, 4.69) is 15.0 Å². The highest BCUT2D eigenvalue weighted by molar-refractivity contribution is 6.30. The number of nitrogens with zero attached hydrogens (tertiary/aromatic N) is 3. The van der Waals surface area contributed by atoms with Gasteiger partial charge in [0.05, 0.1) is 19.9 Å². The summed E-state index contributed by atoms with van der Waals surface area (Å²) in [7, 11) is 7.21. The number of benzene rings is 2. The van der Waals surface area contributed by atoms with Crippen molar-refractivity contribution in [1.82, 2.24) is 9.88 Å². The average Bonchev–Trinajstić information content (AvgIpc) is 3.27. The van der Waals surface area contributed by atoms with Gasteiger partial charge in [-0.05, 0) is 44.4 Å². The zero-order valence-corrected chi connectivity index (χ0v) is 18.0. The second-order valence-corrected chi connectivity index (χ2v) is 7.36. The molecule has 8 nitrogen and oxygen atoms in total. The van der Waals surface area contributed by atoms with Crippen molar-refractivity contribution in [2.75, 3.05) is 48.1 Å². The maximum atomic E-state index is 8.86. The SMILES string of the molecule is COc1cc2c(cc1OC)-c1[nH]c3ccc(OCCN(C)C)cc3c1C2=NOCC#N. The fourth-order valence-electron chi connectivity index (χ4n) is 3.69. The lowest BCUT2D eigenvalue weighted by atomic mass is 10.1. The van der Waals surface area contributed by atoms with Gasteiger partial charge in [-0.25, -0.2) is 0 Å². The minimum Gasteiger partial charge on any atom is -0.493 e. The van der Waals surface area contributed by atoms with Crippen molar-refractivity contribution >= 4 is 16.6 Å². The number of hydrogen-bond acceptors (Lipinski definition) is 7. The number of fused-ring (bicyclic) bond motifs is 5. The number of rotatable bonds is 8. The van der Waals surface area contributed by atoms with Crippen molar-refractivity contribution in [1.29, 1.82) is 5.26 Å².